The second-order valence-corrected chi connectivity index (χ2v) is 4.03. The lowest BCUT2D eigenvalue weighted by molar-refractivity contribution is 0.811. The first kappa shape index (κ1) is 10.0. The Hall–Kier alpha value is -1.51. The summed E-state index contributed by atoms with van der Waals surface area (Å²) in [4.78, 5) is 0. The Kier molecular flexibility index (Phi) is 2.62. The van der Waals surface area contributed by atoms with Crippen LogP contribution in [0.25, 0.3) is 5.82 Å². The van der Waals surface area contributed by atoms with Crippen molar-refractivity contribution in [3.63, 3.8) is 0 Å². The van der Waals surface area contributed by atoms with Gasteiger partial charge < -0.3 is 5.73 Å². The van der Waals surface area contributed by atoms with Gasteiger partial charge in [-0.3, -0.25) is 5.41 Å². The van der Waals surface area contributed by atoms with Gasteiger partial charge in [-0.2, -0.15) is 10.2 Å². The predicted octanol–water partition coefficient (Wildman–Crippen LogP) is 0.551. The third-order valence-electron chi connectivity index (χ3n) is 1.76. The highest BCUT2D eigenvalue weighted by atomic mass is 127. The minimum atomic E-state index is -0.0505. The number of halogens is 1. The quantitative estimate of drug-likeness (QED) is 0.481. The van der Waals surface area contributed by atoms with E-state index in [4.69, 9.17) is 11.1 Å². The van der Waals surface area contributed by atoms with Gasteiger partial charge in [-0.05, 0) is 28.7 Å². The number of nitrogens with two attached hydrogens (primary N) is 1. The van der Waals surface area contributed by atoms with E-state index in [-0.39, 0.29) is 5.84 Å². The van der Waals surface area contributed by atoms with E-state index >= 15 is 0 Å². The SMILES string of the molecule is N=C(N)c1ccnnc1-n1cc(I)cn1. The van der Waals surface area contributed by atoms with E-state index in [0.29, 0.717) is 11.4 Å². The first-order chi connectivity index (χ1) is 7.18. The number of nitrogens with one attached hydrogen (secondary N) is 1. The molecule has 15 heavy (non-hydrogen) atoms. The van der Waals surface area contributed by atoms with Crippen LogP contribution in [-0.4, -0.2) is 25.8 Å². The summed E-state index contributed by atoms with van der Waals surface area (Å²) in [6.45, 7) is 0. The van der Waals surface area contributed by atoms with Crippen LogP contribution in [0.5, 0.6) is 0 Å². The lowest BCUT2D eigenvalue weighted by Gasteiger charge is -2.04. The van der Waals surface area contributed by atoms with Crippen molar-refractivity contribution in [3.05, 3.63) is 33.8 Å². The molecule has 76 valence electrons. The van der Waals surface area contributed by atoms with E-state index in [0.717, 1.165) is 3.57 Å². The van der Waals surface area contributed by atoms with Crippen molar-refractivity contribution in [1.29, 1.82) is 5.41 Å². The molecule has 0 saturated carbocycles. The Balaban J connectivity index is 2.57. The second kappa shape index (κ2) is 3.93. The molecule has 7 heteroatoms. The fourth-order valence-corrected chi connectivity index (χ4v) is 1.51. The smallest absolute Gasteiger partial charge is 0.186 e. The Bertz CT molecular complexity index is 505. The molecule has 0 spiro atoms. The number of nitrogen functional groups attached to an aromatic ring is 1. The zero-order valence-electron chi connectivity index (χ0n) is 7.55. The van der Waals surface area contributed by atoms with Crippen molar-refractivity contribution in [2.75, 3.05) is 0 Å². The minimum Gasteiger partial charge on any atom is -0.384 e. The Morgan fingerprint density at radius 2 is 2.33 bits per heavy atom. The number of hydrogen-bond donors (Lipinski definition) is 2. The van der Waals surface area contributed by atoms with E-state index in [1.807, 2.05) is 0 Å². The van der Waals surface area contributed by atoms with E-state index in [9.17, 15) is 0 Å². The van der Waals surface area contributed by atoms with Crippen molar-refractivity contribution >= 4 is 28.4 Å². The van der Waals surface area contributed by atoms with Gasteiger partial charge in [0.1, 0.15) is 5.84 Å². The van der Waals surface area contributed by atoms with Gasteiger partial charge in [-0.25, -0.2) is 4.68 Å². The third kappa shape index (κ3) is 1.96. The maximum atomic E-state index is 7.40. The average molecular weight is 314 g/mol. The summed E-state index contributed by atoms with van der Waals surface area (Å²) in [5.74, 6) is 0.415. The molecule has 2 aromatic heterocycles. The molecule has 0 aliphatic rings. The summed E-state index contributed by atoms with van der Waals surface area (Å²) in [6, 6.07) is 1.64. The molecule has 0 atom stereocenters. The van der Waals surface area contributed by atoms with Gasteiger partial charge >= 0.3 is 0 Å². The topological polar surface area (TPSA) is 93.5 Å². The average Bonchev–Trinajstić information content (AvgIpc) is 2.65. The fraction of sp³-hybridized carbons (Fsp3) is 0. The van der Waals surface area contributed by atoms with E-state index in [1.165, 1.54) is 6.20 Å². The number of amidine groups is 1. The molecule has 2 aromatic rings. The maximum absolute atomic E-state index is 7.40. The standard InChI is InChI=1S/C8H7IN6/c9-5-3-13-15(4-5)8-6(7(10)11)1-2-12-14-8/h1-4H,(H3,10,11). The number of nitrogens with zero attached hydrogens (tertiary/aromatic N) is 4. The fourth-order valence-electron chi connectivity index (χ4n) is 1.12. The zero-order valence-corrected chi connectivity index (χ0v) is 9.71. The van der Waals surface area contributed by atoms with Gasteiger partial charge in [-0.1, -0.05) is 0 Å². The van der Waals surface area contributed by atoms with Crippen LogP contribution >= 0.6 is 22.6 Å². The Morgan fingerprint density at radius 3 is 2.93 bits per heavy atom. The normalized spacial score (nSPS) is 10.2. The van der Waals surface area contributed by atoms with Gasteiger partial charge in [0.2, 0.25) is 0 Å². The molecule has 0 radical (unpaired) electrons. The molecule has 0 amide bonds. The lowest BCUT2D eigenvalue weighted by Crippen LogP contribution is -2.16. The van der Waals surface area contributed by atoms with E-state index in [2.05, 4.69) is 37.9 Å². The summed E-state index contributed by atoms with van der Waals surface area (Å²) in [5.41, 5.74) is 5.95. The molecule has 2 heterocycles. The maximum Gasteiger partial charge on any atom is 0.186 e. The third-order valence-corrected chi connectivity index (χ3v) is 2.32. The molecular formula is C8H7IN6. The molecule has 0 aliphatic carbocycles. The summed E-state index contributed by atoms with van der Waals surface area (Å²) in [5, 5.41) is 19.1. The lowest BCUT2D eigenvalue weighted by atomic mass is 10.2. The first-order valence-electron chi connectivity index (χ1n) is 4.05. The summed E-state index contributed by atoms with van der Waals surface area (Å²) in [7, 11) is 0. The van der Waals surface area contributed by atoms with Gasteiger partial charge in [-0.15, -0.1) is 5.10 Å². The van der Waals surface area contributed by atoms with Crippen molar-refractivity contribution in [1.82, 2.24) is 20.0 Å². The molecule has 6 nitrogen and oxygen atoms in total. The van der Waals surface area contributed by atoms with Crippen LogP contribution < -0.4 is 5.73 Å². The van der Waals surface area contributed by atoms with Crippen molar-refractivity contribution in [2.45, 2.75) is 0 Å². The van der Waals surface area contributed by atoms with E-state index in [1.54, 1.807) is 23.1 Å². The van der Waals surface area contributed by atoms with Crippen molar-refractivity contribution in [3.8, 4) is 5.82 Å². The summed E-state index contributed by atoms with van der Waals surface area (Å²) < 4.78 is 2.53. The highest BCUT2D eigenvalue weighted by Crippen LogP contribution is 2.10. The summed E-state index contributed by atoms with van der Waals surface area (Å²) >= 11 is 2.14. The highest BCUT2D eigenvalue weighted by molar-refractivity contribution is 14.1. The second-order valence-electron chi connectivity index (χ2n) is 2.79. The predicted molar refractivity (Wildman–Crippen MR) is 62.9 cm³/mol. The van der Waals surface area contributed by atoms with Crippen LogP contribution in [0.3, 0.4) is 0 Å². The molecule has 0 saturated heterocycles. The van der Waals surface area contributed by atoms with Crippen LogP contribution in [0, 0.1) is 8.98 Å². The monoisotopic (exact) mass is 314 g/mol. The largest absolute Gasteiger partial charge is 0.384 e. The minimum absolute atomic E-state index is 0.0505. The first-order valence-corrected chi connectivity index (χ1v) is 5.13. The van der Waals surface area contributed by atoms with Crippen molar-refractivity contribution in [2.24, 2.45) is 5.73 Å². The summed E-state index contributed by atoms with van der Waals surface area (Å²) in [6.07, 6.45) is 4.98. The molecule has 0 unspecified atom stereocenters. The molecule has 0 aliphatic heterocycles. The van der Waals surface area contributed by atoms with Crippen molar-refractivity contribution < 1.29 is 0 Å². The molecule has 0 bridgehead atoms. The van der Waals surface area contributed by atoms with Gasteiger partial charge in [0.25, 0.3) is 0 Å². The van der Waals surface area contributed by atoms with Crippen LogP contribution in [-0.2, 0) is 0 Å². The molecular weight excluding hydrogens is 307 g/mol. The number of aromatic nitrogens is 4. The van der Waals surface area contributed by atoms with Crippen LogP contribution in [0.2, 0.25) is 0 Å². The number of hydrogen-bond acceptors (Lipinski definition) is 4. The van der Waals surface area contributed by atoms with Gasteiger partial charge in [0.05, 0.1) is 21.5 Å². The van der Waals surface area contributed by atoms with Gasteiger partial charge in [0.15, 0.2) is 5.82 Å². The molecule has 3 N–H and O–H groups in total. The molecule has 0 aromatic carbocycles. The Morgan fingerprint density at radius 1 is 1.53 bits per heavy atom. The molecule has 0 fully saturated rings. The van der Waals surface area contributed by atoms with Gasteiger partial charge in [0, 0.05) is 6.20 Å². The highest BCUT2D eigenvalue weighted by Gasteiger charge is 2.09. The van der Waals surface area contributed by atoms with Crippen LogP contribution in [0.4, 0.5) is 0 Å². The van der Waals surface area contributed by atoms with Crippen LogP contribution in [0.15, 0.2) is 24.7 Å². The van der Waals surface area contributed by atoms with Crippen LogP contribution in [0.1, 0.15) is 5.56 Å². The Labute approximate surface area is 99.2 Å². The van der Waals surface area contributed by atoms with E-state index < -0.39 is 0 Å². The molecule has 2 rings (SSSR count). The zero-order chi connectivity index (χ0) is 10.8. The number of rotatable bonds is 2.